The van der Waals surface area contributed by atoms with E-state index >= 15 is 0 Å². The molecular formula is C10H10N4O2S. The maximum absolute atomic E-state index is 12.0. The van der Waals surface area contributed by atoms with Gasteiger partial charge in [0.1, 0.15) is 16.6 Å². The van der Waals surface area contributed by atoms with Crippen LogP contribution in [0.1, 0.15) is 18.9 Å². The molecular weight excluding hydrogens is 240 g/mol. The summed E-state index contributed by atoms with van der Waals surface area (Å²) in [5, 5.41) is 27.8. The van der Waals surface area contributed by atoms with Gasteiger partial charge >= 0.3 is 0 Å². The Balaban J connectivity index is 2.53. The fourth-order valence-electron chi connectivity index (χ4n) is 1.66. The molecule has 1 atom stereocenters. The lowest BCUT2D eigenvalue weighted by molar-refractivity contribution is -0.116. The maximum Gasteiger partial charge on any atom is 0.273 e. The lowest BCUT2D eigenvalue weighted by Gasteiger charge is -2.28. The highest BCUT2D eigenvalue weighted by Gasteiger charge is 2.47. The van der Waals surface area contributed by atoms with E-state index in [2.05, 4.69) is 10.2 Å². The monoisotopic (exact) mass is 250 g/mol. The van der Waals surface area contributed by atoms with Gasteiger partial charge in [0, 0.05) is 5.57 Å². The third-order valence-corrected chi connectivity index (χ3v) is 3.58. The number of hydrogen-bond donors (Lipinski definition) is 1. The summed E-state index contributed by atoms with van der Waals surface area (Å²) in [5.41, 5.74) is -1.23. The molecule has 2 rings (SSSR count). The first-order valence-corrected chi connectivity index (χ1v) is 5.69. The summed E-state index contributed by atoms with van der Waals surface area (Å²) < 4.78 is 0. The summed E-state index contributed by atoms with van der Waals surface area (Å²) >= 11 is 1.19. The molecule has 0 saturated carbocycles. The number of amides is 1. The van der Waals surface area contributed by atoms with Crippen molar-refractivity contribution in [1.82, 2.24) is 10.2 Å². The molecule has 7 heteroatoms. The van der Waals surface area contributed by atoms with Crippen LogP contribution in [-0.4, -0.2) is 26.9 Å². The molecule has 0 spiro atoms. The van der Waals surface area contributed by atoms with E-state index in [0.717, 1.165) is 4.90 Å². The number of rotatable bonds is 1. The molecule has 6 nitrogen and oxygen atoms in total. The third-order valence-electron chi connectivity index (χ3n) is 2.76. The van der Waals surface area contributed by atoms with Crippen LogP contribution in [0.4, 0.5) is 5.13 Å². The molecule has 0 aliphatic carbocycles. The molecule has 88 valence electrons. The second-order valence-electron chi connectivity index (χ2n) is 3.88. The van der Waals surface area contributed by atoms with Crippen LogP contribution in [-0.2, 0) is 4.79 Å². The van der Waals surface area contributed by atoms with Gasteiger partial charge in [-0.05, 0) is 20.8 Å². The van der Waals surface area contributed by atoms with Crippen molar-refractivity contribution in [3.8, 4) is 6.07 Å². The highest BCUT2D eigenvalue weighted by molar-refractivity contribution is 7.15. The Labute approximate surface area is 102 Å². The molecule has 1 aliphatic heterocycles. The number of nitrogens with zero attached hydrogens (tertiary/aromatic N) is 4. The van der Waals surface area contributed by atoms with Crippen molar-refractivity contribution in [3.05, 3.63) is 16.2 Å². The van der Waals surface area contributed by atoms with Crippen molar-refractivity contribution < 1.29 is 9.90 Å². The number of aliphatic hydroxyl groups is 1. The van der Waals surface area contributed by atoms with E-state index in [-0.39, 0.29) is 5.57 Å². The minimum Gasteiger partial charge on any atom is -0.367 e. The predicted octanol–water partition coefficient (Wildman–Crippen LogP) is 0.742. The van der Waals surface area contributed by atoms with E-state index < -0.39 is 11.6 Å². The second-order valence-corrected chi connectivity index (χ2v) is 5.04. The number of carbonyl (C=O) groups excluding carboxylic acids is 1. The van der Waals surface area contributed by atoms with Gasteiger partial charge in [-0.3, -0.25) is 4.79 Å². The summed E-state index contributed by atoms with van der Waals surface area (Å²) in [6, 6.07) is 1.81. The fraction of sp³-hybridized carbons (Fsp3) is 0.400. The van der Waals surface area contributed by atoms with Gasteiger partial charge in [0.2, 0.25) is 5.13 Å². The van der Waals surface area contributed by atoms with Crippen LogP contribution in [0.2, 0.25) is 0 Å². The quantitative estimate of drug-likeness (QED) is 0.794. The molecule has 1 aliphatic rings. The molecule has 1 aromatic heterocycles. The van der Waals surface area contributed by atoms with Crippen LogP contribution in [0.3, 0.4) is 0 Å². The van der Waals surface area contributed by atoms with Crippen molar-refractivity contribution in [2.24, 2.45) is 0 Å². The molecule has 0 radical (unpaired) electrons. The first-order chi connectivity index (χ1) is 7.89. The minimum atomic E-state index is -1.52. The number of aryl methyl sites for hydroxylation is 1. The second kappa shape index (κ2) is 3.61. The normalized spacial score (nSPS) is 24.4. The van der Waals surface area contributed by atoms with E-state index in [9.17, 15) is 9.90 Å². The van der Waals surface area contributed by atoms with Gasteiger partial charge in [0.05, 0.1) is 0 Å². The Morgan fingerprint density at radius 2 is 2.12 bits per heavy atom. The largest absolute Gasteiger partial charge is 0.367 e. The fourth-order valence-corrected chi connectivity index (χ4v) is 2.44. The zero-order valence-corrected chi connectivity index (χ0v) is 10.4. The van der Waals surface area contributed by atoms with E-state index in [1.165, 1.54) is 18.3 Å². The summed E-state index contributed by atoms with van der Waals surface area (Å²) in [7, 11) is 0. The van der Waals surface area contributed by atoms with E-state index in [4.69, 9.17) is 5.26 Å². The molecule has 17 heavy (non-hydrogen) atoms. The average molecular weight is 250 g/mol. The van der Waals surface area contributed by atoms with Crippen molar-refractivity contribution in [2.45, 2.75) is 26.5 Å². The molecule has 1 N–H and O–H groups in total. The van der Waals surface area contributed by atoms with Crippen molar-refractivity contribution in [1.29, 1.82) is 5.26 Å². The van der Waals surface area contributed by atoms with Gasteiger partial charge in [-0.1, -0.05) is 11.3 Å². The van der Waals surface area contributed by atoms with Crippen LogP contribution >= 0.6 is 11.3 Å². The van der Waals surface area contributed by atoms with E-state index in [0.29, 0.717) is 15.7 Å². The minimum absolute atomic E-state index is 0.0390. The Hall–Kier alpha value is -1.78. The lowest BCUT2D eigenvalue weighted by atomic mass is 10.1. The first kappa shape index (κ1) is 11.7. The van der Waals surface area contributed by atoms with Gasteiger partial charge in [-0.15, -0.1) is 10.2 Å². The average Bonchev–Trinajstić information content (AvgIpc) is 2.71. The Bertz CT molecular complexity index is 567. The van der Waals surface area contributed by atoms with Crippen LogP contribution in [0.25, 0.3) is 0 Å². The SMILES string of the molecule is CC1=C(C#N)C(=O)N(c2nnc(C)s2)C1(C)O. The first-order valence-electron chi connectivity index (χ1n) is 4.88. The summed E-state index contributed by atoms with van der Waals surface area (Å²) in [5.74, 6) is -0.536. The molecule has 0 bridgehead atoms. The molecule has 0 fully saturated rings. The Morgan fingerprint density at radius 3 is 2.53 bits per heavy atom. The summed E-state index contributed by atoms with van der Waals surface area (Å²) in [4.78, 5) is 13.1. The molecule has 1 unspecified atom stereocenters. The Morgan fingerprint density at radius 1 is 1.47 bits per heavy atom. The topological polar surface area (TPSA) is 90.1 Å². The molecule has 1 amide bonds. The molecule has 0 saturated heterocycles. The smallest absolute Gasteiger partial charge is 0.273 e. The van der Waals surface area contributed by atoms with Crippen molar-refractivity contribution in [2.75, 3.05) is 4.90 Å². The number of hydrogen-bond acceptors (Lipinski definition) is 6. The summed E-state index contributed by atoms with van der Waals surface area (Å²) in [6.07, 6.45) is 0. The third kappa shape index (κ3) is 1.53. The molecule has 1 aromatic rings. The van der Waals surface area contributed by atoms with Crippen molar-refractivity contribution in [3.63, 3.8) is 0 Å². The highest BCUT2D eigenvalue weighted by Crippen LogP contribution is 2.37. The molecule has 2 heterocycles. The van der Waals surface area contributed by atoms with Gasteiger partial charge in [-0.25, -0.2) is 4.90 Å². The van der Waals surface area contributed by atoms with Crippen LogP contribution in [0.5, 0.6) is 0 Å². The molecule has 0 aromatic carbocycles. The van der Waals surface area contributed by atoms with E-state index in [1.54, 1.807) is 13.8 Å². The van der Waals surface area contributed by atoms with Gasteiger partial charge in [-0.2, -0.15) is 5.26 Å². The van der Waals surface area contributed by atoms with Crippen molar-refractivity contribution >= 4 is 22.4 Å². The van der Waals surface area contributed by atoms with Gasteiger partial charge < -0.3 is 5.11 Å². The maximum atomic E-state index is 12.0. The summed E-state index contributed by atoms with van der Waals surface area (Å²) in [6.45, 7) is 4.77. The van der Waals surface area contributed by atoms with Crippen LogP contribution in [0.15, 0.2) is 11.1 Å². The zero-order chi connectivity index (χ0) is 12.8. The van der Waals surface area contributed by atoms with E-state index in [1.807, 2.05) is 6.07 Å². The number of carbonyl (C=O) groups is 1. The van der Waals surface area contributed by atoms with Crippen LogP contribution < -0.4 is 4.90 Å². The Kier molecular flexibility index (Phi) is 2.49. The standard InChI is InChI=1S/C10H10N4O2S/c1-5-7(4-11)8(15)14(10(5,3)16)9-13-12-6(2)17-9/h16H,1-3H3. The predicted molar refractivity (Wildman–Crippen MR) is 61.1 cm³/mol. The van der Waals surface area contributed by atoms with Crippen LogP contribution in [0, 0.1) is 18.3 Å². The highest BCUT2D eigenvalue weighted by atomic mass is 32.1. The van der Waals surface area contributed by atoms with Gasteiger partial charge in [0.25, 0.3) is 5.91 Å². The number of anilines is 1. The lowest BCUT2D eigenvalue weighted by Crippen LogP contribution is -2.45. The number of aromatic nitrogens is 2. The number of nitriles is 1. The van der Waals surface area contributed by atoms with Gasteiger partial charge in [0.15, 0.2) is 5.72 Å². The zero-order valence-electron chi connectivity index (χ0n) is 9.55.